The molecule has 0 saturated heterocycles. The van der Waals surface area contributed by atoms with Crippen LogP contribution in [0.2, 0.25) is 0 Å². The molecule has 1 N–H and O–H groups in total. The fraction of sp³-hybridized carbons (Fsp3) is 0.429. The van der Waals surface area contributed by atoms with Gasteiger partial charge < -0.3 is 5.32 Å². The van der Waals surface area contributed by atoms with E-state index in [-0.39, 0.29) is 0 Å². The summed E-state index contributed by atoms with van der Waals surface area (Å²) in [6.45, 7) is 2.32. The lowest BCUT2D eigenvalue weighted by Crippen LogP contribution is -2.16. The highest BCUT2D eigenvalue weighted by atomic mass is 15.3. The van der Waals surface area contributed by atoms with Gasteiger partial charge in [-0.05, 0) is 37.3 Å². The van der Waals surface area contributed by atoms with E-state index in [9.17, 15) is 0 Å². The minimum absolute atomic E-state index is 0.588. The predicted molar refractivity (Wildman–Crippen MR) is 71.8 cm³/mol. The molecule has 2 aromatic rings. The van der Waals surface area contributed by atoms with Crippen molar-refractivity contribution >= 4 is 5.69 Å². The van der Waals surface area contributed by atoms with E-state index < -0.39 is 0 Å². The predicted octanol–water partition coefficient (Wildman–Crippen LogP) is 2.87. The molecule has 1 aliphatic carbocycles. The van der Waals surface area contributed by atoms with Crippen molar-refractivity contribution < 1.29 is 0 Å². The van der Waals surface area contributed by atoms with E-state index in [0.717, 1.165) is 17.3 Å². The number of para-hydroxylation sites is 2. The van der Waals surface area contributed by atoms with Crippen LogP contribution in [0.5, 0.6) is 0 Å². The Morgan fingerprint density at radius 3 is 2.89 bits per heavy atom. The van der Waals surface area contributed by atoms with Crippen LogP contribution in [0, 0.1) is 5.92 Å². The quantitative estimate of drug-likeness (QED) is 0.900. The van der Waals surface area contributed by atoms with Gasteiger partial charge in [-0.1, -0.05) is 19.1 Å². The molecule has 1 fully saturated rings. The number of anilines is 1. The third kappa shape index (κ3) is 2.23. The lowest BCUT2D eigenvalue weighted by atomic mass is 10.1. The monoisotopic (exact) mass is 242 g/mol. The van der Waals surface area contributed by atoms with Gasteiger partial charge in [0.05, 0.1) is 11.4 Å². The van der Waals surface area contributed by atoms with Gasteiger partial charge in [-0.2, -0.15) is 5.10 Å². The number of rotatable bonds is 3. The summed E-state index contributed by atoms with van der Waals surface area (Å²) in [7, 11) is 0. The van der Waals surface area contributed by atoms with Crippen LogP contribution < -0.4 is 5.32 Å². The summed E-state index contributed by atoms with van der Waals surface area (Å²) in [6, 6.07) is 8.85. The van der Waals surface area contributed by atoms with Crippen LogP contribution in [-0.4, -0.2) is 20.8 Å². The van der Waals surface area contributed by atoms with Gasteiger partial charge in [-0.3, -0.25) is 0 Å². The Labute approximate surface area is 107 Å². The highest BCUT2D eigenvalue weighted by Crippen LogP contribution is 2.29. The number of hydrogen-bond acceptors (Lipinski definition) is 3. The van der Waals surface area contributed by atoms with Crippen molar-refractivity contribution in [2.75, 3.05) is 5.32 Å². The average molecular weight is 242 g/mol. The molecule has 0 radical (unpaired) electrons. The molecule has 1 aromatic carbocycles. The first-order valence-electron chi connectivity index (χ1n) is 6.53. The molecule has 0 aliphatic heterocycles. The van der Waals surface area contributed by atoms with Gasteiger partial charge in [0.15, 0.2) is 0 Å². The second-order valence-corrected chi connectivity index (χ2v) is 5.12. The van der Waals surface area contributed by atoms with E-state index in [4.69, 9.17) is 0 Å². The van der Waals surface area contributed by atoms with Crippen molar-refractivity contribution in [3.05, 3.63) is 36.9 Å². The third-order valence-corrected chi connectivity index (χ3v) is 3.62. The van der Waals surface area contributed by atoms with Gasteiger partial charge in [-0.25, -0.2) is 9.67 Å². The standard InChI is InChI=1S/C14H18N4/c1-11-6-7-12(8-11)17-13-4-2-3-5-14(13)18-10-15-9-16-18/h2-5,9-12,17H,6-8H2,1H3. The lowest BCUT2D eigenvalue weighted by Gasteiger charge is -2.17. The summed E-state index contributed by atoms with van der Waals surface area (Å²) in [5.74, 6) is 0.834. The Morgan fingerprint density at radius 2 is 2.17 bits per heavy atom. The topological polar surface area (TPSA) is 42.7 Å². The second kappa shape index (κ2) is 4.80. The van der Waals surface area contributed by atoms with Crippen LogP contribution in [0.4, 0.5) is 5.69 Å². The molecule has 2 unspecified atom stereocenters. The van der Waals surface area contributed by atoms with Crippen LogP contribution >= 0.6 is 0 Å². The van der Waals surface area contributed by atoms with Crippen LogP contribution in [0.15, 0.2) is 36.9 Å². The van der Waals surface area contributed by atoms with Gasteiger partial charge in [0.2, 0.25) is 0 Å². The first-order chi connectivity index (χ1) is 8.83. The van der Waals surface area contributed by atoms with Crippen molar-refractivity contribution in [3.63, 3.8) is 0 Å². The van der Waals surface area contributed by atoms with E-state index in [1.165, 1.54) is 19.3 Å². The van der Waals surface area contributed by atoms with Crippen molar-refractivity contribution in [1.82, 2.24) is 14.8 Å². The maximum absolute atomic E-state index is 4.20. The number of nitrogens with one attached hydrogen (secondary N) is 1. The Morgan fingerprint density at radius 1 is 1.28 bits per heavy atom. The molecule has 1 aromatic heterocycles. The van der Waals surface area contributed by atoms with Gasteiger partial charge in [0.25, 0.3) is 0 Å². The summed E-state index contributed by atoms with van der Waals surface area (Å²) in [4.78, 5) is 4.01. The molecule has 0 bridgehead atoms. The summed E-state index contributed by atoms with van der Waals surface area (Å²) in [5.41, 5.74) is 2.21. The van der Waals surface area contributed by atoms with Crippen LogP contribution in [0.25, 0.3) is 5.69 Å². The molecule has 3 rings (SSSR count). The summed E-state index contributed by atoms with van der Waals surface area (Å²) in [6.07, 6.45) is 7.13. The zero-order valence-corrected chi connectivity index (χ0v) is 10.6. The molecular weight excluding hydrogens is 224 g/mol. The molecule has 18 heavy (non-hydrogen) atoms. The van der Waals surface area contributed by atoms with Gasteiger partial charge in [-0.15, -0.1) is 0 Å². The maximum atomic E-state index is 4.20. The number of hydrogen-bond donors (Lipinski definition) is 1. The van der Waals surface area contributed by atoms with E-state index in [1.807, 2.05) is 6.07 Å². The fourth-order valence-corrected chi connectivity index (χ4v) is 2.69. The molecule has 1 saturated carbocycles. The van der Waals surface area contributed by atoms with Crippen molar-refractivity contribution in [3.8, 4) is 5.69 Å². The van der Waals surface area contributed by atoms with Crippen molar-refractivity contribution in [1.29, 1.82) is 0 Å². The zero-order valence-electron chi connectivity index (χ0n) is 10.6. The normalized spacial score (nSPS) is 23.2. The second-order valence-electron chi connectivity index (χ2n) is 5.12. The molecule has 1 aliphatic rings. The minimum Gasteiger partial charge on any atom is -0.381 e. The minimum atomic E-state index is 0.588. The lowest BCUT2D eigenvalue weighted by molar-refractivity contribution is 0.602. The first kappa shape index (κ1) is 11.3. The summed E-state index contributed by atoms with van der Waals surface area (Å²) in [5, 5.41) is 7.84. The molecular formula is C14H18N4. The largest absolute Gasteiger partial charge is 0.381 e. The van der Waals surface area contributed by atoms with Crippen molar-refractivity contribution in [2.45, 2.75) is 32.2 Å². The Kier molecular flexibility index (Phi) is 3.00. The highest BCUT2D eigenvalue weighted by Gasteiger charge is 2.21. The Bertz CT molecular complexity index is 506. The van der Waals surface area contributed by atoms with E-state index in [0.29, 0.717) is 6.04 Å². The van der Waals surface area contributed by atoms with Gasteiger partial charge in [0.1, 0.15) is 12.7 Å². The highest BCUT2D eigenvalue weighted by molar-refractivity contribution is 5.60. The Balaban J connectivity index is 1.84. The Hall–Kier alpha value is -1.84. The van der Waals surface area contributed by atoms with Gasteiger partial charge >= 0.3 is 0 Å². The molecule has 4 heteroatoms. The summed E-state index contributed by atoms with van der Waals surface area (Å²) < 4.78 is 1.81. The molecule has 4 nitrogen and oxygen atoms in total. The third-order valence-electron chi connectivity index (χ3n) is 3.62. The number of aromatic nitrogens is 3. The van der Waals surface area contributed by atoms with E-state index >= 15 is 0 Å². The molecule has 1 heterocycles. The molecule has 0 spiro atoms. The summed E-state index contributed by atoms with van der Waals surface area (Å²) >= 11 is 0. The molecule has 2 atom stereocenters. The smallest absolute Gasteiger partial charge is 0.138 e. The molecule has 0 amide bonds. The van der Waals surface area contributed by atoms with Crippen LogP contribution in [-0.2, 0) is 0 Å². The SMILES string of the molecule is CC1CCC(Nc2ccccc2-n2cncn2)C1. The first-order valence-corrected chi connectivity index (χ1v) is 6.53. The maximum Gasteiger partial charge on any atom is 0.138 e. The van der Waals surface area contributed by atoms with Crippen molar-refractivity contribution in [2.24, 2.45) is 5.92 Å². The molecule has 94 valence electrons. The average Bonchev–Trinajstić information content (AvgIpc) is 3.02. The number of benzene rings is 1. The van der Waals surface area contributed by atoms with Gasteiger partial charge in [0, 0.05) is 6.04 Å². The number of nitrogens with zero attached hydrogens (tertiary/aromatic N) is 3. The zero-order chi connectivity index (χ0) is 12.4. The van der Waals surface area contributed by atoms with E-state index in [2.05, 4.69) is 40.5 Å². The van der Waals surface area contributed by atoms with E-state index in [1.54, 1.807) is 17.3 Å². The van der Waals surface area contributed by atoms with Crippen LogP contribution in [0.3, 0.4) is 0 Å². The van der Waals surface area contributed by atoms with Crippen LogP contribution in [0.1, 0.15) is 26.2 Å². The fourth-order valence-electron chi connectivity index (χ4n) is 2.69.